The second-order valence-corrected chi connectivity index (χ2v) is 8.68. The first kappa shape index (κ1) is 19.4. The lowest BCUT2D eigenvalue weighted by atomic mass is 10.00. The van der Waals surface area contributed by atoms with Crippen molar-refractivity contribution in [3.8, 4) is 0 Å². The molecule has 1 aliphatic heterocycles. The maximum Gasteiger partial charge on any atom is 0.232 e. The van der Waals surface area contributed by atoms with Crippen LogP contribution in [0.25, 0.3) is 0 Å². The predicted molar refractivity (Wildman–Crippen MR) is 98.2 cm³/mol. The number of benzene rings is 1. The highest BCUT2D eigenvalue weighted by Gasteiger charge is 2.23. The van der Waals surface area contributed by atoms with Gasteiger partial charge in [-0.25, -0.2) is 8.42 Å². The van der Waals surface area contributed by atoms with E-state index in [9.17, 15) is 18.0 Å². The van der Waals surface area contributed by atoms with E-state index >= 15 is 0 Å². The molecule has 6 nitrogen and oxygen atoms in total. The SMILES string of the molecule is CC(=O)c1ccc(N(CCC(=O)N2CCCC(C)C2)S(C)(=O)=O)cc1. The van der Waals surface area contributed by atoms with Gasteiger partial charge in [0.05, 0.1) is 11.9 Å². The standard InChI is InChI=1S/C18H26N2O4S/c1-14-5-4-11-19(13-14)18(22)10-12-20(25(3,23)24)17-8-6-16(7-9-17)15(2)21/h6-9,14H,4-5,10-13H2,1-3H3. The van der Waals surface area contributed by atoms with Crippen molar-refractivity contribution in [2.75, 3.05) is 30.2 Å². The molecular formula is C18H26N2O4S. The van der Waals surface area contributed by atoms with E-state index in [0.717, 1.165) is 32.2 Å². The lowest BCUT2D eigenvalue weighted by molar-refractivity contribution is -0.132. The third-order valence-corrected chi connectivity index (χ3v) is 5.69. The summed E-state index contributed by atoms with van der Waals surface area (Å²) in [5, 5.41) is 0. The molecule has 1 aromatic rings. The Morgan fingerprint density at radius 1 is 1.24 bits per heavy atom. The van der Waals surface area contributed by atoms with Gasteiger partial charge in [-0.3, -0.25) is 13.9 Å². The fraction of sp³-hybridized carbons (Fsp3) is 0.556. The fourth-order valence-electron chi connectivity index (χ4n) is 3.12. The van der Waals surface area contributed by atoms with Crippen LogP contribution in [-0.2, 0) is 14.8 Å². The zero-order chi connectivity index (χ0) is 18.6. The molecule has 0 N–H and O–H groups in total. The van der Waals surface area contributed by atoms with Crippen molar-refractivity contribution >= 4 is 27.4 Å². The number of hydrogen-bond donors (Lipinski definition) is 0. The van der Waals surface area contributed by atoms with Crippen molar-refractivity contribution in [1.29, 1.82) is 0 Å². The van der Waals surface area contributed by atoms with Gasteiger partial charge >= 0.3 is 0 Å². The van der Waals surface area contributed by atoms with Gasteiger partial charge in [0.1, 0.15) is 0 Å². The Balaban J connectivity index is 2.08. The molecule has 0 aromatic heterocycles. The maximum atomic E-state index is 12.4. The van der Waals surface area contributed by atoms with E-state index in [1.807, 2.05) is 4.90 Å². The van der Waals surface area contributed by atoms with Gasteiger partial charge < -0.3 is 4.90 Å². The van der Waals surface area contributed by atoms with E-state index in [4.69, 9.17) is 0 Å². The Kier molecular flexibility index (Phi) is 6.21. The van der Waals surface area contributed by atoms with Crippen LogP contribution < -0.4 is 4.31 Å². The summed E-state index contributed by atoms with van der Waals surface area (Å²) in [6.07, 6.45) is 3.39. The van der Waals surface area contributed by atoms with Crippen LogP contribution in [0.5, 0.6) is 0 Å². The molecule has 25 heavy (non-hydrogen) atoms. The Hall–Kier alpha value is -1.89. The second kappa shape index (κ2) is 7.99. The first-order valence-electron chi connectivity index (χ1n) is 8.55. The molecule has 2 rings (SSSR count). The summed E-state index contributed by atoms with van der Waals surface area (Å²) in [6, 6.07) is 6.41. The Labute approximate surface area is 149 Å². The molecule has 1 unspecified atom stereocenters. The van der Waals surface area contributed by atoms with Gasteiger partial charge in [-0.2, -0.15) is 0 Å². The van der Waals surface area contributed by atoms with Crippen LogP contribution in [0.2, 0.25) is 0 Å². The van der Waals surface area contributed by atoms with E-state index in [0.29, 0.717) is 17.2 Å². The van der Waals surface area contributed by atoms with Gasteiger partial charge in [0.2, 0.25) is 15.9 Å². The monoisotopic (exact) mass is 366 g/mol. The highest BCUT2D eigenvalue weighted by atomic mass is 32.2. The van der Waals surface area contributed by atoms with Crippen molar-refractivity contribution in [2.24, 2.45) is 5.92 Å². The van der Waals surface area contributed by atoms with Crippen LogP contribution in [0.4, 0.5) is 5.69 Å². The van der Waals surface area contributed by atoms with E-state index in [1.165, 1.54) is 11.2 Å². The predicted octanol–water partition coefficient (Wildman–Crippen LogP) is 2.30. The summed E-state index contributed by atoms with van der Waals surface area (Å²) >= 11 is 0. The van der Waals surface area contributed by atoms with E-state index in [2.05, 4.69) is 6.92 Å². The van der Waals surface area contributed by atoms with E-state index < -0.39 is 10.0 Å². The normalized spacial score (nSPS) is 18.0. The molecule has 1 aromatic carbocycles. The summed E-state index contributed by atoms with van der Waals surface area (Å²) in [5.41, 5.74) is 0.989. The third-order valence-electron chi connectivity index (χ3n) is 4.50. The highest BCUT2D eigenvalue weighted by Crippen LogP contribution is 2.20. The minimum absolute atomic E-state index is 0.0134. The average Bonchev–Trinajstić information content (AvgIpc) is 2.54. The number of carbonyl (C=O) groups excluding carboxylic acids is 2. The molecule has 1 aliphatic rings. The molecule has 1 heterocycles. The third kappa shape index (κ3) is 5.29. The minimum Gasteiger partial charge on any atom is -0.342 e. The first-order valence-corrected chi connectivity index (χ1v) is 10.4. The van der Waals surface area contributed by atoms with Crippen LogP contribution >= 0.6 is 0 Å². The van der Waals surface area contributed by atoms with Gasteiger partial charge in [-0.15, -0.1) is 0 Å². The van der Waals surface area contributed by atoms with Crippen LogP contribution in [0.1, 0.15) is 43.5 Å². The lowest BCUT2D eigenvalue weighted by Crippen LogP contribution is -2.41. The summed E-state index contributed by atoms with van der Waals surface area (Å²) in [6.45, 7) is 5.17. The Bertz CT molecular complexity index is 728. The minimum atomic E-state index is -3.51. The number of likely N-dealkylation sites (tertiary alicyclic amines) is 1. The molecule has 0 radical (unpaired) electrons. The van der Waals surface area contributed by atoms with Gasteiger partial charge in [0.15, 0.2) is 5.78 Å². The molecule has 1 atom stereocenters. The van der Waals surface area contributed by atoms with Crippen LogP contribution in [0, 0.1) is 5.92 Å². The molecular weight excluding hydrogens is 340 g/mol. The zero-order valence-corrected chi connectivity index (χ0v) is 15.9. The molecule has 0 spiro atoms. The number of anilines is 1. The molecule has 138 valence electrons. The maximum absolute atomic E-state index is 12.4. The molecule has 1 amide bonds. The quantitative estimate of drug-likeness (QED) is 0.724. The molecule has 1 saturated heterocycles. The number of amides is 1. The number of ketones is 1. The van der Waals surface area contributed by atoms with Gasteiger partial charge in [0, 0.05) is 31.6 Å². The van der Waals surface area contributed by atoms with E-state index in [1.54, 1.807) is 24.3 Å². The highest BCUT2D eigenvalue weighted by molar-refractivity contribution is 7.92. The molecule has 7 heteroatoms. The summed E-state index contributed by atoms with van der Waals surface area (Å²) in [5.74, 6) is 0.398. The van der Waals surface area contributed by atoms with Crippen molar-refractivity contribution in [2.45, 2.75) is 33.1 Å². The van der Waals surface area contributed by atoms with Gasteiger partial charge in [-0.1, -0.05) is 6.92 Å². The lowest BCUT2D eigenvalue weighted by Gasteiger charge is -2.31. The van der Waals surface area contributed by atoms with Crippen molar-refractivity contribution in [1.82, 2.24) is 4.90 Å². The smallest absolute Gasteiger partial charge is 0.232 e. The average molecular weight is 366 g/mol. The topological polar surface area (TPSA) is 74.8 Å². The zero-order valence-electron chi connectivity index (χ0n) is 15.1. The number of Topliss-reactive ketones (excluding diaryl/α,β-unsaturated/α-hetero) is 1. The number of piperidine rings is 1. The molecule has 1 fully saturated rings. The van der Waals surface area contributed by atoms with E-state index in [-0.39, 0.29) is 24.7 Å². The number of sulfonamides is 1. The molecule has 0 saturated carbocycles. The fourth-order valence-corrected chi connectivity index (χ4v) is 4.05. The Morgan fingerprint density at radius 3 is 2.40 bits per heavy atom. The van der Waals surface area contributed by atoms with Crippen molar-refractivity contribution in [3.05, 3.63) is 29.8 Å². The summed E-state index contributed by atoms with van der Waals surface area (Å²) < 4.78 is 25.5. The second-order valence-electron chi connectivity index (χ2n) is 6.78. The first-order chi connectivity index (χ1) is 11.7. The molecule has 0 bridgehead atoms. The molecule has 0 aliphatic carbocycles. The van der Waals surface area contributed by atoms with Gasteiger partial charge in [0.25, 0.3) is 0 Å². The number of rotatable bonds is 6. The van der Waals surface area contributed by atoms with Crippen LogP contribution in [0.15, 0.2) is 24.3 Å². The summed E-state index contributed by atoms with van der Waals surface area (Å²) in [7, 11) is -3.51. The number of hydrogen-bond acceptors (Lipinski definition) is 4. The summed E-state index contributed by atoms with van der Waals surface area (Å²) in [4.78, 5) is 25.6. The Morgan fingerprint density at radius 2 is 1.88 bits per heavy atom. The van der Waals surface area contributed by atoms with Crippen LogP contribution in [-0.4, -0.2) is 50.9 Å². The van der Waals surface area contributed by atoms with Gasteiger partial charge in [-0.05, 0) is 49.9 Å². The largest absolute Gasteiger partial charge is 0.342 e. The van der Waals surface area contributed by atoms with Crippen molar-refractivity contribution < 1.29 is 18.0 Å². The van der Waals surface area contributed by atoms with Crippen molar-refractivity contribution in [3.63, 3.8) is 0 Å². The number of carbonyl (C=O) groups is 2. The van der Waals surface area contributed by atoms with Crippen LogP contribution in [0.3, 0.4) is 0 Å². The number of nitrogens with zero attached hydrogens (tertiary/aromatic N) is 2.